The van der Waals surface area contributed by atoms with Crippen molar-refractivity contribution in [2.24, 2.45) is 0 Å². The molecule has 10 heteroatoms. The lowest BCUT2D eigenvalue weighted by Crippen LogP contribution is -2.38. The van der Waals surface area contributed by atoms with E-state index in [1.165, 1.54) is 44.6 Å². The molecule has 31 heavy (non-hydrogen) atoms. The monoisotopic (exact) mass is 428 g/mol. The van der Waals surface area contributed by atoms with Gasteiger partial charge >= 0.3 is 17.9 Å². The van der Waals surface area contributed by atoms with Gasteiger partial charge in [-0.25, -0.2) is 19.4 Å². The lowest BCUT2D eigenvalue weighted by atomic mass is 10.1. The molecule has 0 N–H and O–H groups in total. The maximum atomic E-state index is 12.3. The highest BCUT2D eigenvalue weighted by Crippen LogP contribution is 2.29. The average molecular weight is 428 g/mol. The summed E-state index contributed by atoms with van der Waals surface area (Å²) in [6.45, 7) is -0.0368. The standard InChI is InChI=1S/C21H20N2O8/c1-27-19(24)13-8-9-22-17(10-13)31-15-6-4-14(5-7-15)23-12-30-11-16(20(25)28-2)18(23)21(26)29-3/h4-10H,11-12H2,1-3H3. The summed E-state index contributed by atoms with van der Waals surface area (Å²) >= 11 is 0. The minimum atomic E-state index is -0.687. The van der Waals surface area contributed by atoms with Gasteiger partial charge in [0.05, 0.1) is 39.1 Å². The van der Waals surface area contributed by atoms with Gasteiger partial charge in [-0.1, -0.05) is 0 Å². The lowest BCUT2D eigenvalue weighted by Gasteiger charge is -2.31. The summed E-state index contributed by atoms with van der Waals surface area (Å²) in [7, 11) is 3.73. The van der Waals surface area contributed by atoms with Crippen LogP contribution in [0.5, 0.6) is 11.6 Å². The molecule has 0 saturated carbocycles. The molecule has 0 spiro atoms. The van der Waals surface area contributed by atoms with E-state index < -0.39 is 17.9 Å². The Morgan fingerprint density at radius 2 is 1.61 bits per heavy atom. The van der Waals surface area contributed by atoms with Crippen LogP contribution in [0.1, 0.15) is 10.4 Å². The molecule has 0 aliphatic carbocycles. The number of hydrogen-bond acceptors (Lipinski definition) is 10. The second-order valence-corrected chi connectivity index (χ2v) is 6.19. The molecule has 2 heterocycles. The maximum Gasteiger partial charge on any atom is 0.355 e. The molecule has 0 atom stereocenters. The highest BCUT2D eigenvalue weighted by Gasteiger charge is 2.32. The van der Waals surface area contributed by atoms with Crippen LogP contribution in [0, 0.1) is 0 Å². The first-order valence-corrected chi connectivity index (χ1v) is 9.05. The maximum absolute atomic E-state index is 12.3. The molecule has 162 valence electrons. The number of esters is 3. The molecule has 10 nitrogen and oxygen atoms in total. The fourth-order valence-electron chi connectivity index (χ4n) is 2.87. The molecular formula is C21H20N2O8. The van der Waals surface area contributed by atoms with Gasteiger partial charge in [0.25, 0.3) is 0 Å². The first-order chi connectivity index (χ1) is 15.0. The molecule has 3 rings (SSSR count). The number of rotatable bonds is 6. The number of nitrogens with zero attached hydrogens (tertiary/aromatic N) is 2. The normalized spacial score (nSPS) is 13.5. The highest BCUT2D eigenvalue weighted by molar-refractivity contribution is 6.03. The van der Waals surface area contributed by atoms with Crippen LogP contribution in [0.15, 0.2) is 53.9 Å². The van der Waals surface area contributed by atoms with Crippen LogP contribution in [0.2, 0.25) is 0 Å². The minimum Gasteiger partial charge on any atom is -0.466 e. The molecule has 1 aromatic carbocycles. The van der Waals surface area contributed by atoms with E-state index >= 15 is 0 Å². The van der Waals surface area contributed by atoms with Crippen LogP contribution in [0.3, 0.4) is 0 Å². The van der Waals surface area contributed by atoms with E-state index in [0.29, 0.717) is 17.0 Å². The smallest absolute Gasteiger partial charge is 0.355 e. The van der Waals surface area contributed by atoms with Gasteiger partial charge in [-0.2, -0.15) is 0 Å². The van der Waals surface area contributed by atoms with Crippen molar-refractivity contribution in [2.75, 3.05) is 39.6 Å². The Labute approximate surface area is 177 Å². The number of methoxy groups -OCH3 is 3. The van der Waals surface area contributed by atoms with Crippen LogP contribution >= 0.6 is 0 Å². The van der Waals surface area contributed by atoms with Gasteiger partial charge in [-0.3, -0.25) is 0 Å². The zero-order valence-electron chi connectivity index (χ0n) is 17.1. The first kappa shape index (κ1) is 21.8. The Kier molecular flexibility index (Phi) is 6.83. The molecule has 0 amide bonds. The fourth-order valence-corrected chi connectivity index (χ4v) is 2.87. The summed E-state index contributed by atoms with van der Waals surface area (Å²) in [4.78, 5) is 41.6. The molecule has 1 aliphatic rings. The minimum absolute atomic E-state index is 0.0356. The van der Waals surface area contributed by atoms with Crippen molar-refractivity contribution < 1.29 is 38.1 Å². The van der Waals surface area contributed by atoms with Crippen molar-refractivity contribution in [1.29, 1.82) is 0 Å². The van der Waals surface area contributed by atoms with E-state index in [1.54, 1.807) is 24.3 Å². The second-order valence-electron chi connectivity index (χ2n) is 6.19. The second kappa shape index (κ2) is 9.72. The third-order valence-corrected chi connectivity index (χ3v) is 4.36. The van der Waals surface area contributed by atoms with Gasteiger partial charge in [0.2, 0.25) is 5.88 Å². The van der Waals surface area contributed by atoms with Gasteiger partial charge in [-0.15, -0.1) is 0 Å². The third-order valence-electron chi connectivity index (χ3n) is 4.36. The number of pyridine rings is 1. The molecule has 0 saturated heterocycles. The van der Waals surface area contributed by atoms with Crippen LogP contribution in [-0.4, -0.2) is 57.6 Å². The van der Waals surface area contributed by atoms with Crippen molar-refractivity contribution in [3.8, 4) is 11.6 Å². The van der Waals surface area contributed by atoms with Gasteiger partial charge in [0.1, 0.15) is 18.2 Å². The number of aromatic nitrogens is 1. The SMILES string of the molecule is COC(=O)C1=C(C(=O)OC)N(c2ccc(Oc3cc(C(=O)OC)ccn3)cc2)COC1. The molecule has 0 bridgehead atoms. The van der Waals surface area contributed by atoms with Gasteiger partial charge in [0.15, 0.2) is 0 Å². The number of carbonyl (C=O) groups is 3. The molecule has 2 aromatic rings. The molecule has 1 aromatic heterocycles. The average Bonchev–Trinajstić information content (AvgIpc) is 2.82. The summed E-state index contributed by atoms with van der Waals surface area (Å²) in [5, 5.41) is 0. The molecule has 0 unspecified atom stereocenters. The Balaban J connectivity index is 1.86. The highest BCUT2D eigenvalue weighted by atomic mass is 16.5. The summed E-state index contributed by atoms with van der Waals surface area (Å²) < 4.78 is 25.4. The number of anilines is 1. The van der Waals surface area contributed by atoms with Crippen molar-refractivity contribution >= 4 is 23.6 Å². The number of carbonyl (C=O) groups excluding carboxylic acids is 3. The first-order valence-electron chi connectivity index (χ1n) is 9.05. The zero-order valence-corrected chi connectivity index (χ0v) is 17.1. The Bertz CT molecular complexity index is 1020. The van der Waals surface area contributed by atoms with E-state index in [9.17, 15) is 14.4 Å². The van der Waals surface area contributed by atoms with E-state index in [-0.39, 0.29) is 30.5 Å². The Morgan fingerprint density at radius 1 is 0.935 bits per heavy atom. The van der Waals surface area contributed by atoms with E-state index in [4.69, 9.17) is 18.9 Å². The van der Waals surface area contributed by atoms with Crippen molar-refractivity contribution in [3.63, 3.8) is 0 Å². The van der Waals surface area contributed by atoms with Crippen molar-refractivity contribution in [2.45, 2.75) is 0 Å². The number of benzene rings is 1. The third kappa shape index (κ3) is 4.81. The van der Waals surface area contributed by atoms with E-state index in [0.717, 1.165) is 0 Å². The van der Waals surface area contributed by atoms with Gasteiger partial charge < -0.3 is 28.6 Å². The summed E-state index contributed by atoms with van der Waals surface area (Å²) in [5.74, 6) is -1.22. The Morgan fingerprint density at radius 3 is 2.26 bits per heavy atom. The van der Waals surface area contributed by atoms with Gasteiger partial charge in [-0.05, 0) is 30.3 Å². The quantitative estimate of drug-likeness (QED) is 0.500. The Hall–Kier alpha value is -3.92. The topological polar surface area (TPSA) is 113 Å². The van der Waals surface area contributed by atoms with Crippen molar-refractivity contribution in [1.82, 2.24) is 4.98 Å². The summed E-state index contributed by atoms with van der Waals surface area (Å²) in [5.41, 5.74) is 0.967. The predicted octanol–water partition coefficient (Wildman–Crippen LogP) is 2.05. The fraction of sp³-hybridized carbons (Fsp3) is 0.238. The van der Waals surface area contributed by atoms with Gasteiger partial charge in [0, 0.05) is 18.0 Å². The van der Waals surface area contributed by atoms with Crippen LogP contribution in [0.4, 0.5) is 5.69 Å². The summed E-state index contributed by atoms with van der Waals surface area (Å²) in [6, 6.07) is 9.60. The largest absolute Gasteiger partial charge is 0.466 e. The number of hydrogen-bond donors (Lipinski definition) is 0. The lowest BCUT2D eigenvalue weighted by molar-refractivity contribution is -0.140. The van der Waals surface area contributed by atoms with E-state index in [2.05, 4.69) is 9.72 Å². The summed E-state index contributed by atoms with van der Waals surface area (Å²) in [6.07, 6.45) is 1.43. The molecule has 0 fully saturated rings. The van der Waals surface area contributed by atoms with Crippen LogP contribution < -0.4 is 9.64 Å². The van der Waals surface area contributed by atoms with E-state index in [1.807, 2.05) is 0 Å². The molecule has 1 aliphatic heterocycles. The van der Waals surface area contributed by atoms with Crippen molar-refractivity contribution in [3.05, 3.63) is 59.4 Å². The van der Waals surface area contributed by atoms with Crippen LogP contribution in [0.25, 0.3) is 0 Å². The number of ether oxygens (including phenoxy) is 5. The molecule has 0 radical (unpaired) electrons. The van der Waals surface area contributed by atoms with Crippen LogP contribution in [-0.2, 0) is 28.5 Å². The molecular weight excluding hydrogens is 408 g/mol. The predicted molar refractivity (Wildman–Crippen MR) is 106 cm³/mol. The zero-order chi connectivity index (χ0) is 22.4.